The molecule has 2 aromatic carbocycles. The minimum Gasteiger partial charge on any atom is -0.317 e. The first kappa shape index (κ1) is 15.1. The SMILES string of the molecule is Cl.c1ccc(Cc2ccccc2C2CCNCC2)cc1. The van der Waals surface area contributed by atoms with Gasteiger partial charge in [0.2, 0.25) is 0 Å². The van der Waals surface area contributed by atoms with Gasteiger partial charge in [0.1, 0.15) is 0 Å². The van der Waals surface area contributed by atoms with E-state index < -0.39 is 0 Å². The molecular weight excluding hydrogens is 266 g/mol. The maximum Gasteiger partial charge on any atom is -0.00229 e. The molecule has 1 heterocycles. The van der Waals surface area contributed by atoms with Crippen LogP contribution in [0.3, 0.4) is 0 Å². The summed E-state index contributed by atoms with van der Waals surface area (Å²) in [6.07, 6.45) is 3.60. The average molecular weight is 288 g/mol. The molecule has 0 radical (unpaired) electrons. The number of halogens is 1. The second-order valence-corrected chi connectivity index (χ2v) is 5.39. The summed E-state index contributed by atoms with van der Waals surface area (Å²) in [7, 11) is 0. The van der Waals surface area contributed by atoms with Crippen molar-refractivity contribution >= 4 is 12.4 Å². The maximum absolute atomic E-state index is 3.45. The summed E-state index contributed by atoms with van der Waals surface area (Å²) in [4.78, 5) is 0. The van der Waals surface area contributed by atoms with Crippen molar-refractivity contribution in [1.82, 2.24) is 5.32 Å². The molecule has 1 nitrogen and oxygen atoms in total. The van der Waals surface area contributed by atoms with Crippen LogP contribution in [0.25, 0.3) is 0 Å². The Morgan fingerprint density at radius 1 is 0.850 bits per heavy atom. The van der Waals surface area contributed by atoms with E-state index in [-0.39, 0.29) is 12.4 Å². The number of benzene rings is 2. The predicted molar refractivity (Wildman–Crippen MR) is 87.8 cm³/mol. The van der Waals surface area contributed by atoms with E-state index in [2.05, 4.69) is 59.9 Å². The smallest absolute Gasteiger partial charge is 0.00229 e. The zero-order chi connectivity index (χ0) is 12.9. The molecule has 0 aliphatic carbocycles. The molecule has 0 spiro atoms. The minimum absolute atomic E-state index is 0. The number of nitrogens with one attached hydrogen (secondary N) is 1. The molecule has 1 saturated heterocycles. The Labute approximate surface area is 127 Å². The topological polar surface area (TPSA) is 12.0 Å². The molecule has 0 saturated carbocycles. The van der Waals surface area contributed by atoms with Crippen molar-refractivity contribution in [1.29, 1.82) is 0 Å². The fourth-order valence-corrected chi connectivity index (χ4v) is 3.04. The maximum atomic E-state index is 3.45. The lowest BCUT2D eigenvalue weighted by atomic mass is 9.85. The molecule has 0 amide bonds. The van der Waals surface area contributed by atoms with E-state index in [9.17, 15) is 0 Å². The van der Waals surface area contributed by atoms with Gasteiger partial charge in [-0.25, -0.2) is 0 Å². The summed E-state index contributed by atoms with van der Waals surface area (Å²) in [5.41, 5.74) is 4.47. The van der Waals surface area contributed by atoms with Crippen LogP contribution in [0.2, 0.25) is 0 Å². The summed E-state index contributed by atoms with van der Waals surface area (Å²) < 4.78 is 0. The lowest BCUT2D eigenvalue weighted by Crippen LogP contribution is -2.27. The Kier molecular flexibility index (Phi) is 5.63. The third kappa shape index (κ3) is 3.62. The van der Waals surface area contributed by atoms with Gasteiger partial charge in [-0.1, -0.05) is 54.6 Å². The van der Waals surface area contributed by atoms with Crippen LogP contribution < -0.4 is 5.32 Å². The van der Waals surface area contributed by atoms with Crippen LogP contribution >= 0.6 is 12.4 Å². The van der Waals surface area contributed by atoms with Crippen molar-refractivity contribution < 1.29 is 0 Å². The van der Waals surface area contributed by atoms with Crippen molar-refractivity contribution in [3.63, 3.8) is 0 Å². The monoisotopic (exact) mass is 287 g/mol. The minimum atomic E-state index is 0. The predicted octanol–water partition coefficient (Wildman–Crippen LogP) is 4.17. The molecule has 1 fully saturated rings. The quantitative estimate of drug-likeness (QED) is 0.893. The number of rotatable bonds is 3. The summed E-state index contributed by atoms with van der Waals surface area (Å²) >= 11 is 0. The van der Waals surface area contributed by atoms with E-state index in [1.807, 2.05) is 0 Å². The molecule has 0 atom stereocenters. The van der Waals surface area contributed by atoms with Gasteiger partial charge in [0.15, 0.2) is 0 Å². The van der Waals surface area contributed by atoms with Gasteiger partial charge in [0, 0.05) is 0 Å². The molecular formula is C18H22ClN. The highest BCUT2D eigenvalue weighted by Crippen LogP contribution is 2.29. The second kappa shape index (κ2) is 7.47. The molecule has 1 aliphatic rings. The lowest BCUT2D eigenvalue weighted by molar-refractivity contribution is 0.458. The van der Waals surface area contributed by atoms with E-state index in [1.165, 1.54) is 24.0 Å². The number of hydrogen-bond donors (Lipinski definition) is 1. The van der Waals surface area contributed by atoms with Crippen molar-refractivity contribution in [2.75, 3.05) is 13.1 Å². The molecule has 20 heavy (non-hydrogen) atoms. The fraction of sp³-hybridized carbons (Fsp3) is 0.333. The average Bonchev–Trinajstić information content (AvgIpc) is 2.50. The summed E-state index contributed by atoms with van der Waals surface area (Å²) in [6.45, 7) is 2.31. The van der Waals surface area contributed by atoms with Gasteiger partial charge >= 0.3 is 0 Å². The van der Waals surface area contributed by atoms with Gasteiger partial charge in [0.05, 0.1) is 0 Å². The Morgan fingerprint density at radius 2 is 1.50 bits per heavy atom. The molecule has 0 bridgehead atoms. The third-order valence-corrected chi connectivity index (χ3v) is 4.07. The Morgan fingerprint density at radius 3 is 2.25 bits per heavy atom. The molecule has 2 heteroatoms. The van der Waals surface area contributed by atoms with E-state index in [0.717, 1.165) is 25.4 Å². The van der Waals surface area contributed by atoms with Crippen molar-refractivity contribution in [2.45, 2.75) is 25.2 Å². The molecule has 1 N–H and O–H groups in total. The molecule has 0 aromatic heterocycles. The molecule has 0 unspecified atom stereocenters. The molecule has 106 valence electrons. The molecule has 2 aromatic rings. The van der Waals surface area contributed by atoms with Gasteiger partial charge in [-0.2, -0.15) is 0 Å². The highest BCUT2D eigenvalue weighted by atomic mass is 35.5. The first-order valence-corrected chi connectivity index (χ1v) is 7.26. The second-order valence-electron chi connectivity index (χ2n) is 5.39. The van der Waals surface area contributed by atoms with Crippen LogP contribution in [-0.4, -0.2) is 13.1 Å². The third-order valence-electron chi connectivity index (χ3n) is 4.07. The van der Waals surface area contributed by atoms with Crippen LogP contribution in [0.1, 0.15) is 35.4 Å². The van der Waals surface area contributed by atoms with Gasteiger partial charge in [-0.15, -0.1) is 12.4 Å². The normalized spacial score (nSPS) is 15.6. The van der Waals surface area contributed by atoms with Gasteiger partial charge < -0.3 is 5.32 Å². The van der Waals surface area contributed by atoms with Crippen molar-refractivity contribution in [2.24, 2.45) is 0 Å². The number of hydrogen-bond acceptors (Lipinski definition) is 1. The molecule has 1 aliphatic heterocycles. The summed E-state index contributed by atoms with van der Waals surface area (Å²) in [6, 6.07) is 19.8. The molecule has 3 rings (SSSR count). The van der Waals surface area contributed by atoms with Gasteiger partial charge in [-0.05, 0) is 55.0 Å². The fourth-order valence-electron chi connectivity index (χ4n) is 3.04. The van der Waals surface area contributed by atoms with E-state index >= 15 is 0 Å². The van der Waals surface area contributed by atoms with Crippen LogP contribution in [0.15, 0.2) is 54.6 Å². The standard InChI is InChI=1S/C18H21N.ClH/c1-2-6-15(7-3-1)14-17-8-4-5-9-18(17)16-10-12-19-13-11-16;/h1-9,16,19H,10-14H2;1H. The van der Waals surface area contributed by atoms with E-state index in [0.29, 0.717) is 0 Å². The van der Waals surface area contributed by atoms with Crippen molar-refractivity contribution in [3.05, 3.63) is 71.3 Å². The lowest BCUT2D eigenvalue weighted by Gasteiger charge is -2.25. The highest BCUT2D eigenvalue weighted by molar-refractivity contribution is 5.85. The summed E-state index contributed by atoms with van der Waals surface area (Å²) in [5.74, 6) is 0.737. The first-order chi connectivity index (χ1) is 9.43. The van der Waals surface area contributed by atoms with Gasteiger partial charge in [-0.3, -0.25) is 0 Å². The van der Waals surface area contributed by atoms with Crippen molar-refractivity contribution in [3.8, 4) is 0 Å². The number of piperidine rings is 1. The van der Waals surface area contributed by atoms with Crippen LogP contribution in [-0.2, 0) is 6.42 Å². The Bertz CT molecular complexity index is 518. The largest absolute Gasteiger partial charge is 0.317 e. The van der Waals surface area contributed by atoms with Crippen LogP contribution in [0.4, 0.5) is 0 Å². The van der Waals surface area contributed by atoms with Gasteiger partial charge in [0.25, 0.3) is 0 Å². The van der Waals surface area contributed by atoms with E-state index in [4.69, 9.17) is 0 Å². The van der Waals surface area contributed by atoms with Crippen LogP contribution in [0, 0.1) is 0 Å². The zero-order valence-corrected chi connectivity index (χ0v) is 12.5. The Hall–Kier alpha value is -1.31. The van der Waals surface area contributed by atoms with E-state index in [1.54, 1.807) is 5.56 Å². The Balaban J connectivity index is 0.00000147. The summed E-state index contributed by atoms with van der Waals surface area (Å²) in [5, 5.41) is 3.45. The zero-order valence-electron chi connectivity index (χ0n) is 11.7. The van der Waals surface area contributed by atoms with Crippen LogP contribution in [0.5, 0.6) is 0 Å². The highest BCUT2D eigenvalue weighted by Gasteiger charge is 2.17. The first-order valence-electron chi connectivity index (χ1n) is 7.26.